The Bertz CT molecular complexity index is 759. The van der Waals surface area contributed by atoms with E-state index in [9.17, 15) is 23.0 Å². The molecule has 0 aromatic heterocycles. The van der Waals surface area contributed by atoms with Gasteiger partial charge in [0.05, 0.1) is 12.2 Å². The third kappa shape index (κ3) is 4.30. The van der Waals surface area contributed by atoms with Crippen LogP contribution in [0.15, 0.2) is 42.5 Å². The topological polar surface area (TPSA) is 46.5 Å². The van der Waals surface area contributed by atoms with Gasteiger partial charge in [0.25, 0.3) is 0 Å². The summed E-state index contributed by atoms with van der Waals surface area (Å²) < 4.78 is 44.0. The minimum atomic E-state index is -4.58. The van der Waals surface area contributed by atoms with Crippen molar-refractivity contribution >= 4 is 18.4 Å². The fraction of sp³-hybridized carbons (Fsp3) is 0.278. The van der Waals surface area contributed by atoms with E-state index in [-0.39, 0.29) is 18.6 Å². The summed E-state index contributed by atoms with van der Waals surface area (Å²) in [5, 5.41) is 9.65. The first-order valence-corrected chi connectivity index (χ1v) is 7.97. The zero-order valence-corrected chi connectivity index (χ0v) is 13.9. The van der Waals surface area contributed by atoms with Crippen LogP contribution in [0, 0.1) is 0 Å². The molecule has 2 aromatic rings. The largest absolute Gasteiger partial charge is 0.491 e. The van der Waals surface area contributed by atoms with Gasteiger partial charge in [-0.25, -0.2) is 0 Å². The van der Waals surface area contributed by atoms with Crippen molar-refractivity contribution in [3.8, 4) is 0 Å². The van der Waals surface area contributed by atoms with Crippen molar-refractivity contribution in [2.75, 3.05) is 0 Å². The molecule has 2 aromatic carbocycles. The summed E-state index contributed by atoms with van der Waals surface area (Å²) in [6, 6.07) is 9.70. The number of Topliss-reactive ketones (excluding diaryl/α,β-unsaturated/α-hetero) is 1. The minimum absolute atomic E-state index is 0.174. The standard InChI is InChI=1S/C16H12BF3O3.C2H6/c18-16(19,20)13-4-2-1-3-12(13)15(21)8-10-5-6-11-9-23-17(22)14(11)7-10;1-2/h1-7,22H,8-9H2;1-2H3. The van der Waals surface area contributed by atoms with E-state index in [1.54, 1.807) is 18.2 Å². The molecule has 0 radical (unpaired) electrons. The lowest BCUT2D eigenvalue weighted by Crippen LogP contribution is -2.28. The molecule has 0 saturated heterocycles. The van der Waals surface area contributed by atoms with Crippen molar-refractivity contribution in [3.05, 3.63) is 64.7 Å². The van der Waals surface area contributed by atoms with Gasteiger partial charge in [-0.1, -0.05) is 50.2 Å². The molecule has 1 aliphatic heterocycles. The molecule has 0 saturated carbocycles. The van der Waals surface area contributed by atoms with Gasteiger partial charge in [0.15, 0.2) is 5.78 Å². The van der Waals surface area contributed by atoms with Gasteiger partial charge >= 0.3 is 13.3 Å². The summed E-state index contributed by atoms with van der Waals surface area (Å²) in [5.74, 6) is -0.619. The number of halogens is 3. The molecule has 1 aliphatic rings. The summed E-state index contributed by atoms with van der Waals surface area (Å²) in [7, 11) is -1.05. The van der Waals surface area contributed by atoms with E-state index in [1.807, 2.05) is 13.8 Å². The number of ketones is 1. The summed E-state index contributed by atoms with van der Waals surface area (Å²) in [6.07, 6.45) is -4.75. The highest BCUT2D eigenvalue weighted by molar-refractivity contribution is 6.61. The molecule has 1 N–H and O–H groups in total. The van der Waals surface area contributed by atoms with Crippen molar-refractivity contribution in [2.24, 2.45) is 0 Å². The van der Waals surface area contributed by atoms with Crippen molar-refractivity contribution in [2.45, 2.75) is 33.1 Å². The van der Waals surface area contributed by atoms with Crippen molar-refractivity contribution in [1.82, 2.24) is 0 Å². The Morgan fingerprint density at radius 1 is 1.20 bits per heavy atom. The van der Waals surface area contributed by atoms with Gasteiger partial charge in [-0.3, -0.25) is 4.79 Å². The molecule has 1 heterocycles. The van der Waals surface area contributed by atoms with Crippen LogP contribution < -0.4 is 5.46 Å². The second-order valence-corrected chi connectivity index (χ2v) is 5.34. The van der Waals surface area contributed by atoms with E-state index in [4.69, 9.17) is 4.65 Å². The van der Waals surface area contributed by atoms with Gasteiger partial charge in [-0.2, -0.15) is 13.2 Å². The van der Waals surface area contributed by atoms with E-state index in [0.29, 0.717) is 11.0 Å². The van der Waals surface area contributed by atoms with Crippen LogP contribution in [0.2, 0.25) is 0 Å². The monoisotopic (exact) mass is 350 g/mol. The van der Waals surface area contributed by atoms with Gasteiger partial charge in [0.1, 0.15) is 0 Å². The zero-order valence-electron chi connectivity index (χ0n) is 13.9. The normalized spacial score (nSPS) is 13.1. The first kappa shape index (κ1) is 19.2. The average Bonchev–Trinajstić information content (AvgIpc) is 2.97. The van der Waals surface area contributed by atoms with Crippen LogP contribution in [0.25, 0.3) is 0 Å². The van der Waals surface area contributed by atoms with Crippen LogP contribution in [0.4, 0.5) is 13.2 Å². The van der Waals surface area contributed by atoms with Gasteiger partial charge in [0, 0.05) is 12.0 Å². The summed E-state index contributed by atoms with van der Waals surface area (Å²) in [4.78, 5) is 12.3. The fourth-order valence-corrected chi connectivity index (χ4v) is 2.63. The second kappa shape index (κ2) is 7.84. The molecule has 0 spiro atoms. The number of rotatable bonds is 3. The SMILES string of the molecule is CC.O=C(Cc1ccc2c(c1)B(O)OC2)c1ccccc1C(F)(F)F. The van der Waals surface area contributed by atoms with Crippen LogP contribution in [0.1, 0.15) is 40.9 Å². The van der Waals surface area contributed by atoms with E-state index >= 15 is 0 Å². The van der Waals surface area contributed by atoms with Crippen LogP contribution in [0.3, 0.4) is 0 Å². The number of hydrogen-bond acceptors (Lipinski definition) is 3. The van der Waals surface area contributed by atoms with Gasteiger partial charge in [-0.15, -0.1) is 0 Å². The first-order chi connectivity index (χ1) is 11.9. The predicted molar refractivity (Wildman–Crippen MR) is 89.7 cm³/mol. The predicted octanol–water partition coefficient (Wildman–Crippen LogP) is 3.37. The lowest BCUT2D eigenvalue weighted by atomic mass is 9.78. The third-order valence-corrected chi connectivity index (χ3v) is 3.77. The molecule has 0 unspecified atom stereocenters. The Labute approximate surface area is 144 Å². The molecular weight excluding hydrogens is 332 g/mol. The quantitative estimate of drug-likeness (QED) is 0.682. The molecule has 3 rings (SSSR count). The molecule has 3 nitrogen and oxygen atoms in total. The third-order valence-electron chi connectivity index (χ3n) is 3.77. The van der Waals surface area contributed by atoms with Crippen molar-refractivity contribution < 1.29 is 27.6 Å². The number of alkyl halides is 3. The van der Waals surface area contributed by atoms with E-state index in [0.717, 1.165) is 11.6 Å². The van der Waals surface area contributed by atoms with Crippen LogP contribution in [-0.2, 0) is 23.9 Å². The summed E-state index contributed by atoms with van der Waals surface area (Å²) in [5.41, 5.74) is 0.617. The Kier molecular flexibility index (Phi) is 6.03. The maximum atomic E-state index is 13.0. The fourth-order valence-electron chi connectivity index (χ4n) is 2.63. The number of carbonyl (C=O) groups is 1. The first-order valence-electron chi connectivity index (χ1n) is 7.97. The molecule has 0 bridgehead atoms. The number of benzene rings is 2. The lowest BCUT2D eigenvalue weighted by Gasteiger charge is -2.12. The second-order valence-electron chi connectivity index (χ2n) is 5.34. The Morgan fingerprint density at radius 2 is 1.88 bits per heavy atom. The number of fused-ring (bicyclic) bond motifs is 1. The van der Waals surface area contributed by atoms with E-state index in [2.05, 4.69) is 0 Å². The van der Waals surface area contributed by atoms with Crippen molar-refractivity contribution in [1.29, 1.82) is 0 Å². The highest BCUT2D eigenvalue weighted by Gasteiger charge is 2.35. The lowest BCUT2D eigenvalue weighted by molar-refractivity contribution is -0.137. The highest BCUT2D eigenvalue weighted by atomic mass is 19.4. The number of hydrogen-bond donors (Lipinski definition) is 1. The van der Waals surface area contributed by atoms with Gasteiger partial charge in [-0.05, 0) is 22.7 Å². The Hall–Kier alpha value is -2.12. The van der Waals surface area contributed by atoms with E-state index in [1.165, 1.54) is 18.2 Å². The Balaban J connectivity index is 0.00000109. The van der Waals surface area contributed by atoms with E-state index < -0.39 is 24.6 Å². The molecule has 0 aliphatic carbocycles. The summed E-state index contributed by atoms with van der Waals surface area (Å²) in [6.45, 7) is 4.28. The average molecular weight is 350 g/mol. The van der Waals surface area contributed by atoms with Crippen molar-refractivity contribution in [3.63, 3.8) is 0 Å². The highest BCUT2D eigenvalue weighted by Crippen LogP contribution is 2.32. The molecular formula is C18H18BF3O3. The molecule has 0 fully saturated rings. The van der Waals surface area contributed by atoms with Crippen LogP contribution >= 0.6 is 0 Å². The van der Waals surface area contributed by atoms with Crippen LogP contribution in [-0.4, -0.2) is 17.9 Å². The summed E-state index contributed by atoms with van der Waals surface area (Å²) >= 11 is 0. The smallest absolute Gasteiger partial charge is 0.423 e. The Morgan fingerprint density at radius 3 is 2.56 bits per heavy atom. The maximum Gasteiger partial charge on any atom is 0.491 e. The minimum Gasteiger partial charge on any atom is -0.423 e. The molecule has 132 valence electrons. The van der Waals surface area contributed by atoms with Crippen LogP contribution in [0.5, 0.6) is 0 Å². The van der Waals surface area contributed by atoms with Gasteiger partial charge in [0.2, 0.25) is 0 Å². The molecule has 25 heavy (non-hydrogen) atoms. The molecule has 0 atom stereocenters. The molecule has 7 heteroatoms. The number of carbonyl (C=O) groups excluding carboxylic acids is 1. The zero-order chi connectivity index (χ0) is 18.6. The maximum absolute atomic E-state index is 13.0. The molecule has 0 amide bonds. The van der Waals surface area contributed by atoms with Gasteiger partial charge < -0.3 is 9.68 Å².